The van der Waals surface area contributed by atoms with Crippen molar-refractivity contribution < 1.29 is 4.90 Å². The molecule has 1 atom stereocenters. The molecule has 0 saturated heterocycles. The number of aromatic nitrogens is 2. The largest absolute Gasteiger partial charge is 0.337 e. The van der Waals surface area contributed by atoms with E-state index < -0.39 is 0 Å². The third kappa shape index (κ3) is 2.99. The highest BCUT2D eigenvalue weighted by Crippen LogP contribution is 2.30. The lowest BCUT2D eigenvalue weighted by Gasteiger charge is -2.22. The summed E-state index contributed by atoms with van der Waals surface area (Å²) in [5.41, 5.74) is 2.15. The molecule has 0 fully saturated rings. The molecule has 0 spiro atoms. The summed E-state index contributed by atoms with van der Waals surface area (Å²) in [6.07, 6.45) is 0.883. The second kappa shape index (κ2) is 6.94. The van der Waals surface area contributed by atoms with E-state index in [4.69, 9.17) is 0 Å². The Morgan fingerprint density at radius 2 is 2.00 bits per heavy atom. The predicted octanol–water partition coefficient (Wildman–Crippen LogP) is 1.75. The Morgan fingerprint density at radius 3 is 2.67 bits per heavy atom. The number of allylic oxidation sites excluding steroid dienone is 1. The molecule has 1 aliphatic rings. The number of para-hydroxylation sites is 1. The summed E-state index contributed by atoms with van der Waals surface area (Å²) < 4.78 is 3.04. The third-order valence-corrected chi connectivity index (χ3v) is 6.49. The van der Waals surface area contributed by atoms with Crippen LogP contribution >= 0.6 is 11.3 Å². The van der Waals surface area contributed by atoms with Gasteiger partial charge in [0.15, 0.2) is 0 Å². The molecule has 0 aliphatic carbocycles. The molecular weight excluding hydrogens is 358 g/mol. The number of thiophene rings is 1. The lowest BCUT2D eigenvalue weighted by Crippen LogP contribution is -3.11. The molecule has 6 heteroatoms. The second-order valence-corrected chi connectivity index (χ2v) is 8.35. The molecule has 0 amide bonds. The van der Waals surface area contributed by atoms with E-state index >= 15 is 0 Å². The number of hydrogen-bond donors (Lipinski definition) is 1. The van der Waals surface area contributed by atoms with E-state index in [0.29, 0.717) is 12.2 Å². The van der Waals surface area contributed by atoms with Gasteiger partial charge in [0.05, 0.1) is 29.0 Å². The Balaban J connectivity index is 2.07. The maximum Gasteiger partial charge on any atom is 0.337 e. The van der Waals surface area contributed by atoms with Crippen LogP contribution in [0, 0.1) is 0 Å². The van der Waals surface area contributed by atoms with Gasteiger partial charge < -0.3 is 4.90 Å². The van der Waals surface area contributed by atoms with E-state index in [2.05, 4.69) is 13.5 Å². The third-order valence-electron chi connectivity index (χ3n) is 5.24. The summed E-state index contributed by atoms with van der Waals surface area (Å²) >= 11 is 1.61. The van der Waals surface area contributed by atoms with Crippen LogP contribution in [-0.4, -0.2) is 22.2 Å². The minimum absolute atomic E-state index is 0.198. The summed E-state index contributed by atoms with van der Waals surface area (Å²) in [6, 6.07) is 9.19. The van der Waals surface area contributed by atoms with Crippen LogP contribution in [0.3, 0.4) is 0 Å². The standard InChI is InChI=1S/C21H23N3O2S/c1-4-22-11-10-16-17(13-22)27-20-18(16)19(25)24(15-8-6-5-7-9-15)21(26)23(20)12-14(2)3/h5-9H,2,4,10-13H2,1,3H3/p+1. The van der Waals surface area contributed by atoms with Gasteiger partial charge in [0.25, 0.3) is 5.56 Å². The molecular formula is C21H24N3O2S+. The van der Waals surface area contributed by atoms with Crippen LogP contribution < -0.4 is 16.1 Å². The van der Waals surface area contributed by atoms with E-state index in [1.165, 1.54) is 14.3 Å². The van der Waals surface area contributed by atoms with Crippen LogP contribution in [0.5, 0.6) is 0 Å². The van der Waals surface area contributed by atoms with Gasteiger partial charge in [-0.05, 0) is 31.5 Å². The number of fused-ring (bicyclic) bond motifs is 3. The molecule has 1 N–H and O–H groups in total. The molecule has 4 rings (SSSR count). The highest BCUT2D eigenvalue weighted by Gasteiger charge is 2.27. The fourth-order valence-electron chi connectivity index (χ4n) is 3.85. The summed E-state index contributed by atoms with van der Waals surface area (Å²) in [4.78, 5) is 30.2. The molecule has 1 aromatic carbocycles. The van der Waals surface area contributed by atoms with Gasteiger partial charge in [0.2, 0.25) is 0 Å². The van der Waals surface area contributed by atoms with Gasteiger partial charge in [-0.1, -0.05) is 30.4 Å². The zero-order valence-electron chi connectivity index (χ0n) is 15.7. The van der Waals surface area contributed by atoms with Gasteiger partial charge in [0, 0.05) is 13.0 Å². The quantitative estimate of drug-likeness (QED) is 0.699. The first-order valence-electron chi connectivity index (χ1n) is 9.34. The Morgan fingerprint density at radius 1 is 1.26 bits per heavy atom. The average molecular weight is 383 g/mol. The van der Waals surface area contributed by atoms with Crippen LogP contribution in [0.2, 0.25) is 0 Å². The molecule has 0 saturated carbocycles. The van der Waals surface area contributed by atoms with E-state index in [9.17, 15) is 9.59 Å². The van der Waals surface area contributed by atoms with Crippen molar-refractivity contribution >= 4 is 21.6 Å². The SMILES string of the molecule is C=C(C)Cn1c(=O)n(-c2ccccc2)c(=O)c2c3c(sc21)C[NH+](CC)CC3. The van der Waals surface area contributed by atoms with Crippen molar-refractivity contribution in [1.82, 2.24) is 9.13 Å². The second-order valence-electron chi connectivity index (χ2n) is 7.27. The van der Waals surface area contributed by atoms with Gasteiger partial charge >= 0.3 is 5.69 Å². The minimum Gasteiger partial charge on any atom is -0.330 e. The van der Waals surface area contributed by atoms with Crippen molar-refractivity contribution in [3.8, 4) is 5.69 Å². The molecule has 140 valence electrons. The van der Waals surface area contributed by atoms with Gasteiger partial charge in [-0.3, -0.25) is 9.36 Å². The van der Waals surface area contributed by atoms with Gasteiger partial charge in [0.1, 0.15) is 11.4 Å². The molecule has 0 bridgehead atoms. The number of nitrogens with one attached hydrogen (secondary N) is 1. The van der Waals surface area contributed by atoms with E-state index in [-0.39, 0.29) is 11.2 Å². The van der Waals surface area contributed by atoms with Crippen LogP contribution in [0.25, 0.3) is 15.9 Å². The molecule has 27 heavy (non-hydrogen) atoms. The Hall–Kier alpha value is -2.44. The van der Waals surface area contributed by atoms with Crippen LogP contribution in [0.4, 0.5) is 0 Å². The van der Waals surface area contributed by atoms with Crippen molar-refractivity contribution in [1.29, 1.82) is 0 Å². The number of benzene rings is 1. The van der Waals surface area contributed by atoms with Gasteiger partial charge in [-0.15, -0.1) is 11.3 Å². The van der Waals surface area contributed by atoms with E-state index in [0.717, 1.165) is 47.4 Å². The topological polar surface area (TPSA) is 48.4 Å². The van der Waals surface area contributed by atoms with Gasteiger partial charge in [-0.25, -0.2) is 9.36 Å². The number of quaternary nitrogens is 1. The number of nitrogens with zero attached hydrogens (tertiary/aromatic N) is 2. The molecule has 0 radical (unpaired) electrons. The maximum absolute atomic E-state index is 13.4. The van der Waals surface area contributed by atoms with Crippen molar-refractivity contribution in [3.63, 3.8) is 0 Å². The minimum atomic E-state index is -0.292. The zero-order valence-corrected chi connectivity index (χ0v) is 16.6. The van der Waals surface area contributed by atoms with Crippen molar-refractivity contribution in [3.05, 3.63) is 73.8 Å². The number of likely N-dealkylation sites (N-methyl/N-ethyl adjacent to an activating group) is 1. The number of rotatable bonds is 4. The summed E-state index contributed by atoms with van der Waals surface area (Å²) in [6.45, 7) is 11.5. The summed E-state index contributed by atoms with van der Waals surface area (Å²) in [5.74, 6) is 0. The van der Waals surface area contributed by atoms with Gasteiger partial charge in [-0.2, -0.15) is 0 Å². The first kappa shape index (κ1) is 17.9. The smallest absolute Gasteiger partial charge is 0.330 e. The lowest BCUT2D eigenvalue weighted by atomic mass is 10.1. The molecule has 1 unspecified atom stereocenters. The Kier molecular flexibility index (Phi) is 4.61. The molecule has 3 heterocycles. The zero-order chi connectivity index (χ0) is 19.1. The Bertz CT molecular complexity index is 1140. The molecule has 2 aromatic heterocycles. The maximum atomic E-state index is 13.4. The van der Waals surface area contributed by atoms with Crippen molar-refractivity contribution in [2.45, 2.75) is 33.4 Å². The first-order valence-corrected chi connectivity index (χ1v) is 10.2. The highest BCUT2D eigenvalue weighted by molar-refractivity contribution is 7.18. The molecule has 5 nitrogen and oxygen atoms in total. The van der Waals surface area contributed by atoms with E-state index in [1.54, 1.807) is 15.9 Å². The monoisotopic (exact) mass is 382 g/mol. The van der Waals surface area contributed by atoms with Crippen LogP contribution in [-0.2, 0) is 19.5 Å². The Labute approximate surface area is 161 Å². The van der Waals surface area contributed by atoms with Crippen molar-refractivity contribution in [2.24, 2.45) is 0 Å². The predicted molar refractivity (Wildman–Crippen MR) is 110 cm³/mol. The summed E-state index contributed by atoms with van der Waals surface area (Å²) in [5, 5.41) is 0.717. The normalized spacial score (nSPS) is 16.4. The lowest BCUT2D eigenvalue weighted by molar-refractivity contribution is -0.913. The van der Waals surface area contributed by atoms with Crippen LogP contribution in [0.15, 0.2) is 52.1 Å². The fraction of sp³-hybridized carbons (Fsp3) is 0.333. The molecule has 1 aliphatic heterocycles. The molecule has 3 aromatic rings. The van der Waals surface area contributed by atoms with E-state index in [1.807, 2.05) is 37.3 Å². The summed E-state index contributed by atoms with van der Waals surface area (Å²) in [7, 11) is 0. The number of hydrogen-bond acceptors (Lipinski definition) is 3. The average Bonchev–Trinajstić information content (AvgIpc) is 3.04. The first-order chi connectivity index (χ1) is 13.0. The highest BCUT2D eigenvalue weighted by atomic mass is 32.1. The van der Waals surface area contributed by atoms with Crippen LogP contribution in [0.1, 0.15) is 24.3 Å². The van der Waals surface area contributed by atoms with Crippen molar-refractivity contribution in [2.75, 3.05) is 13.1 Å². The fourth-order valence-corrected chi connectivity index (χ4v) is 5.26.